The summed E-state index contributed by atoms with van der Waals surface area (Å²) >= 11 is 23.3. The summed E-state index contributed by atoms with van der Waals surface area (Å²) in [4.78, 5) is 34.6. The van der Waals surface area contributed by atoms with Crippen LogP contribution in [0.3, 0.4) is 0 Å². The van der Waals surface area contributed by atoms with Crippen molar-refractivity contribution in [1.29, 1.82) is 0 Å². The number of alkyl halides is 3. The van der Waals surface area contributed by atoms with Gasteiger partial charge in [0.05, 0.1) is 26.7 Å². The Balaban J connectivity index is 0.000000344. The zero-order valence-corrected chi connectivity index (χ0v) is 25.5. The van der Waals surface area contributed by atoms with Gasteiger partial charge in [-0.1, -0.05) is 52.3 Å². The predicted octanol–water partition coefficient (Wildman–Crippen LogP) is 8.57. The Hall–Kier alpha value is -3.62. The lowest BCUT2D eigenvalue weighted by Gasteiger charge is -2.19. The summed E-state index contributed by atoms with van der Waals surface area (Å²) in [6.45, 7) is 4.63. The van der Waals surface area contributed by atoms with E-state index < -0.39 is 35.3 Å². The molecular formula is C29H22Cl4F3NO6. The van der Waals surface area contributed by atoms with Crippen molar-refractivity contribution in [2.75, 3.05) is 0 Å². The molecule has 0 unspecified atom stereocenters. The lowest BCUT2D eigenvalue weighted by molar-refractivity contribution is -0.146. The molecule has 0 bridgehead atoms. The van der Waals surface area contributed by atoms with Crippen LogP contribution in [-0.2, 0) is 15.7 Å². The number of carboxylic acid groups (broad SMARTS) is 1. The van der Waals surface area contributed by atoms with Crippen LogP contribution < -0.4 is 10.1 Å². The monoisotopic (exact) mass is 677 g/mol. The van der Waals surface area contributed by atoms with Crippen LogP contribution in [0.1, 0.15) is 47.1 Å². The topological polar surface area (TPSA) is 102 Å². The van der Waals surface area contributed by atoms with E-state index in [9.17, 15) is 27.6 Å². The highest BCUT2D eigenvalue weighted by molar-refractivity contribution is 6.35. The van der Waals surface area contributed by atoms with Gasteiger partial charge in [0.1, 0.15) is 11.5 Å². The SMILES string of the molecule is C#CC(C)(C)NC(=O)c1cc(Cl)cc(Cl)c1.C[C@H](OC(=O)c1cc(Oc2ccc(C(F)(F)F)cc2Cl)ccc1Cl)C(=O)O. The smallest absolute Gasteiger partial charge is 0.416 e. The minimum Gasteiger partial charge on any atom is -0.479 e. The summed E-state index contributed by atoms with van der Waals surface area (Å²) in [7, 11) is 0. The lowest BCUT2D eigenvalue weighted by Crippen LogP contribution is -2.42. The van der Waals surface area contributed by atoms with Crippen molar-refractivity contribution >= 4 is 64.2 Å². The third-order valence-corrected chi connectivity index (χ3v) is 6.25. The molecule has 0 saturated carbocycles. The van der Waals surface area contributed by atoms with Gasteiger partial charge >= 0.3 is 18.1 Å². The number of ether oxygens (including phenoxy) is 2. The zero-order valence-electron chi connectivity index (χ0n) is 22.5. The molecule has 14 heteroatoms. The number of terminal acetylenes is 1. The number of carbonyl (C=O) groups excluding carboxylic acids is 2. The van der Waals surface area contributed by atoms with Crippen LogP contribution in [0.4, 0.5) is 13.2 Å². The van der Waals surface area contributed by atoms with Gasteiger partial charge in [-0.25, -0.2) is 9.59 Å². The highest BCUT2D eigenvalue weighted by atomic mass is 35.5. The number of hydrogen-bond acceptors (Lipinski definition) is 5. The van der Waals surface area contributed by atoms with Crippen molar-refractivity contribution in [3.63, 3.8) is 0 Å². The molecule has 0 aromatic heterocycles. The summed E-state index contributed by atoms with van der Waals surface area (Å²) < 4.78 is 48.1. The molecule has 1 atom stereocenters. The molecule has 0 radical (unpaired) electrons. The molecule has 0 fully saturated rings. The van der Waals surface area contributed by atoms with E-state index in [-0.39, 0.29) is 33.0 Å². The molecule has 7 nitrogen and oxygen atoms in total. The van der Waals surface area contributed by atoms with Crippen LogP contribution in [-0.4, -0.2) is 34.6 Å². The third kappa shape index (κ3) is 10.9. The third-order valence-electron chi connectivity index (χ3n) is 5.19. The number of amides is 1. The van der Waals surface area contributed by atoms with Gasteiger partial charge in [-0.05, 0) is 75.4 Å². The van der Waals surface area contributed by atoms with Crippen molar-refractivity contribution in [3.05, 3.63) is 91.4 Å². The summed E-state index contributed by atoms with van der Waals surface area (Å²) in [6.07, 6.45) is -0.680. The average Bonchev–Trinajstić information content (AvgIpc) is 2.89. The molecule has 0 spiro atoms. The molecule has 3 aromatic rings. The van der Waals surface area contributed by atoms with Crippen molar-refractivity contribution in [2.24, 2.45) is 0 Å². The van der Waals surface area contributed by atoms with Crippen LogP contribution in [0.5, 0.6) is 11.5 Å². The number of carboxylic acids is 1. The molecule has 0 aliphatic heterocycles. The maximum Gasteiger partial charge on any atom is 0.416 e. The molecular weight excluding hydrogens is 657 g/mol. The first-order valence-electron chi connectivity index (χ1n) is 11.9. The van der Waals surface area contributed by atoms with E-state index in [0.717, 1.165) is 25.1 Å². The summed E-state index contributed by atoms with van der Waals surface area (Å²) in [5, 5.41) is 12.0. The van der Waals surface area contributed by atoms with Gasteiger partial charge in [0.25, 0.3) is 5.91 Å². The number of nitrogens with one attached hydrogen (secondary N) is 1. The average molecular weight is 679 g/mol. The predicted molar refractivity (Wildman–Crippen MR) is 157 cm³/mol. The van der Waals surface area contributed by atoms with Crippen molar-refractivity contribution in [3.8, 4) is 23.8 Å². The van der Waals surface area contributed by atoms with E-state index in [1.807, 2.05) is 0 Å². The maximum atomic E-state index is 12.7. The van der Waals surface area contributed by atoms with Crippen molar-refractivity contribution < 1.29 is 42.1 Å². The minimum absolute atomic E-state index is 0.0246. The van der Waals surface area contributed by atoms with Gasteiger partial charge in [0.15, 0.2) is 6.10 Å². The number of hydrogen-bond donors (Lipinski definition) is 2. The maximum absolute atomic E-state index is 12.7. The van der Waals surface area contributed by atoms with Crippen molar-refractivity contribution in [2.45, 2.75) is 38.6 Å². The molecule has 1 amide bonds. The highest BCUT2D eigenvalue weighted by Crippen LogP contribution is 2.37. The fraction of sp³-hybridized carbons (Fsp3) is 0.207. The number of rotatable bonds is 7. The Kier molecular flexibility index (Phi) is 12.2. The van der Waals surface area contributed by atoms with E-state index in [4.69, 9.17) is 67.4 Å². The van der Waals surface area contributed by atoms with Crippen LogP contribution in [0.25, 0.3) is 0 Å². The van der Waals surface area contributed by atoms with Crippen LogP contribution in [0.15, 0.2) is 54.6 Å². The largest absolute Gasteiger partial charge is 0.479 e. The second-order valence-electron chi connectivity index (χ2n) is 9.15. The fourth-order valence-electron chi connectivity index (χ4n) is 2.96. The number of carbonyl (C=O) groups is 3. The first-order valence-corrected chi connectivity index (χ1v) is 13.4. The Morgan fingerprint density at radius 2 is 1.53 bits per heavy atom. The summed E-state index contributed by atoms with van der Waals surface area (Å²) in [5.41, 5.74) is -1.43. The Morgan fingerprint density at radius 3 is 2.05 bits per heavy atom. The normalized spacial score (nSPS) is 11.7. The number of aliphatic carboxylic acids is 1. The molecule has 0 aliphatic rings. The Labute approximate surface area is 264 Å². The molecule has 0 saturated heterocycles. The zero-order chi connectivity index (χ0) is 32.7. The van der Waals surface area contributed by atoms with Crippen LogP contribution in [0, 0.1) is 12.3 Å². The molecule has 0 aliphatic carbocycles. The highest BCUT2D eigenvalue weighted by Gasteiger charge is 2.31. The Bertz CT molecular complexity index is 1550. The van der Waals surface area contributed by atoms with E-state index in [2.05, 4.69) is 11.2 Å². The molecule has 228 valence electrons. The standard InChI is InChI=1S/C17H11Cl2F3O5.C12H11Cl2NO/c1-8(15(23)24)26-16(25)11-7-10(3-4-12(11)18)27-14-5-2-9(6-13(14)19)17(20,21)22;1-4-12(2,3)15-11(16)8-5-9(13)7-10(14)6-8/h2-8H,1H3,(H,23,24);1,5-7H,2-3H3,(H,15,16)/t8-;/m0./s1. The first kappa shape index (κ1) is 35.6. The number of esters is 1. The first-order chi connectivity index (χ1) is 19.8. The summed E-state index contributed by atoms with van der Waals surface area (Å²) in [6, 6.07) is 11.0. The minimum atomic E-state index is -4.56. The number of benzene rings is 3. The quantitative estimate of drug-likeness (QED) is 0.192. The molecule has 3 rings (SSSR count). The fourth-order valence-corrected chi connectivity index (χ4v) is 3.90. The number of halogens is 7. The molecule has 3 aromatic carbocycles. The second kappa shape index (κ2) is 14.7. The Morgan fingerprint density at radius 1 is 0.930 bits per heavy atom. The summed E-state index contributed by atoms with van der Waals surface area (Å²) in [5.74, 6) is -0.211. The van der Waals surface area contributed by atoms with E-state index in [1.165, 1.54) is 24.3 Å². The second-order valence-corrected chi connectivity index (χ2v) is 10.8. The van der Waals surface area contributed by atoms with Gasteiger partial charge in [-0.3, -0.25) is 4.79 Å². The molecule has 2 N–H and O–H groups in total. The molecule has 43 heavy (non-hydrogen) atoms. The van der Waals surface area contributed by atoms with E-state index >= 15 is 0 Å². The van der Waals surface area contributed by atoms with E-state index in [1.54, 1.807) is 19.9 Å². The van der Waals surface area contributed by atoms with Gasteiger partial charge in [-0.15, -0.1) is 6.42 Å². The van der Waals surface area contributed by atoms with Crippen LogP contribution in [0.2, 0.25) is 20.1 Å². The van der Waals surface area contributed by atoms with Gasteiger partial charge in [0, 0.05) is 15.6 Å². The van der Waals surface area contributed by atoms with Gasteiger partial charge < -0.3 is 19.9 Å². The lowest BCUT2D eigenvalue weighted by atomic mass is 10.1. The van der Waals surface area contributed by atoms with Crippen molar-refractivity contribution in [1.82, 2.24) is 5.32 Å². The van der Waals surface area contributed by atoms with Crippen LogP contribution >= 0.6 is 46.4 Å². The molecule has 0 heterocycles. The van der Waals surface area contributed by atoms with E-state index in [0.29, 0.717) is 21.7 Å². The van der Waals surface area contributed by atoms with Gasteiger partial charge in [-0.2, -0.15) is 13.2 Å². The van der Waals surface area contributed by atoms with Gasteiger partial charge in [0.2, 0.25) is 0 Å².